The van der Waals surface area contributed by atoms with Gasteiger partial charge in [0.15, 0.2) is 6.10 Å². The van der Waals surface area contributed by atoms with Crippen molar-refractivity contribution in [1.82, 2.24) is 9.78 Å². The number of carbonyl (C=O) groups is 2. The number of ether oxygens (including phenoxy) is 2. The van der Waals surface area contributed by atoms with Gasteiger partial charge in [-0.2, -0.15) is 5.10 Å². The number of methoxy groups -OCH3 is 1. The van der Waals surface area contributed by atoms with Gasteiger partial charge in [-0.3, -0.25) is 9.48 Å². The molecule has 1 aromatic heterocycles. The molecule has 1 amide bonds. The summed E-state index contributed by atoms with van der Waals surface area (Å²) in [6, 6.07) is 4.84. The van der Waals surface area contributed by atoms with E-state index in [9.17, 15) is 9.59 Å². The molecule has 0 saturated heterocycles. The van der Waals surface area contributed by atoms with Crippen molar-refractivity contribution in [2.24, 2.45) is 7.05 Å². The van der Waals surface area contributed by atoms with E-state index in [2.05, 4.69) is 10.4 Å². The van der Waals surface area contributed by atoms with E-state index >= 15 is 0 Å². The van der Waals surface area contributed by atoms with Gasteiger partial charge in [0.25, 0.3) is 5.91 Å². The monoisotopic (exact) mass is 391 g/mol. The first-order chi connectivity index (χ1) is 12.7. The largest absolute Gasteiger partial charge is 0.495 e. The minimum atomic E-state index is -0.998. The zero-order valence-electron chi connectivity index (χ0n) is 15.9. The highest BCUT2D eigenvalue weighted by Crippen LogP contribution is 2.27. The van der Waals surface area contributed by atoms with E-state index in [1.54, 1.807) is 29.0 Å². The van der Waals surface area contributed by atoms with Gasteiger partial charge in [0, 0.05) is 29.4 Å². The van der Waals surface area contributed by atoms with E-state index in [1.165, 1.54) is 20.1 Å². The van der Waals surface area contributed by atoms with Crippen LogP contribution in [-0.4, -0.2) is 34.9 Å². The lowest BCUT2D eigenvalue weighted by Gasteiger charge is -2.14. The molecule has 1 N–H and O–H groups in total. The molecule has 1 atom stereocenters. The van der Waals surface area contributed by atoms with Crippen LogP contribution in [0.1, 0.15) is 23.9 Å². The molecule has 0 saturated carbocycles. The number of hydrogen-bond acceptors (Lipinski definition) is 5. The van der Waals surface area contributed by atoms with Crippen LogP contribution in [0.5, 0.6) is 5.75 Å². The van der Waals surface area contributed by atoms with Crippen molar-refractivity contribution in [3.63, 3.8) is 0 Å². The third-order valence-electron chi connectivity index (χ3n) is 4.03. The minimum Gasteiger partial charge on any atom is -0.495 e. The molecule has 144 valence electrons. The van der Waals surface area contributed by atoms with Crippen LogP contribution < -0.4 is 10.1 Å². The predicted octanol–water partition coefficient (Wildman–Crippen LogP) is 3.28. The summed E-state index contributed by atoms with van der Waals surface area (Å²) in [6.07, 6.45) is 1.91. The van der Waals surface area contributed by atoms with Crippen molar-refractivity contribution < 1.29 is 19.1 Å². The smallest absolute Gasteiger partial charge is 0.331 e. The molecule has 7 nitrogen and oxygen atoms in total. The zero-order valence-corrected chi connectivity index (χ0v) is 16.6. The number of nitrogens with one attached hydrogen (secondary N) is 1. The molecular formula is C19H22ClN3O4. The third-order valence-corrected chi connectivity index (χ3v) is 4.27. The second kappa shape index (κ2) is 8.73. The molecule has 2 rings (SSSR count). The highest BCUT2D eigenvalue weighted by atomic mass is 35.5. The van der Waals surface area contributed by atoms with E-state index in [0.717, 1.165) is 17.0 Å². The molecule has 0 spiro atoms. The van der Waals surface area contributed by atoms with Crippen LogP contribution in [-0.2, 0) is 21.4 Å². The Kier molecular flexibility index (Phi) is 6.63. The summed E-state index contributed by atoms with van der Waals surface area (Å²) in [5.74, 6) is -0.668. The molecule has 0 unspecified atom stereocenters. The molecule has 0 aliphatic rings. The maximum absolute atomic E-state index is 12.3. The number of carbonyl (C=O) groups excluding carboxylic acids is 2. The molecule has 1 heterocycles. The second-order valence-corrected chi connectivity index (χ2v) is 6.39. The Morgan fingerprint density at radius 3 is 2.63 bits per heavy atom. The number of anilines is 1. The molecular weight excluding hydrogens is 370 g/mol. The molecule has 0 fully saturated rings. The van der Waals surface area contributed by atoms with Crippen LogP contribution in [0.3, 0.4) is 0 Å². The number of esters is 1. The van der Waals surface area contributed by atoms with Gasteiger partial charge in [-0.1, -0.05) is 11.6 Å². The third kappa shape index (κ3) is 5.10. The van der Waals surface area contributed by atoms with Gasteiger partial charge in [-0.25, -0.2) is 4.79 Å². The summed E-state index contributed by atoms with van der Waals surface area (Å²) in [7, 11) is 3.31. The average molecular weight is 392 g/mol. The van der Waals surface area contributed by atoms with Crippen LogP contribution in [0, 0.1) is 13.8 Å². The number of nitrogens with zero attached hydrogens (tertiary/aromatic N) is 2. The Labute approximate surface area is 162 Å². The SMILES string of the molecule is COc1ccc(Cl)cc1NC(=O)[C@H](C)OC(=O)/C=C/c1c(C)nn(C)c1C. The van der Waals surface area contributed by atoms with E-state index < -0.39 is 18.0 Å². The van der Waals surface area contributed by atoms with E-state index in [-0.39, 0.29) is 0 Å². The summed E-state index contributed by atoms with van der Waals surface area (Å²) in [6.45, 7) is 5.24. The summed E-state index contributed by atoms with van der Waals surface area (Å²) in [4.78, 5) is 24.3. The Bertz CT molecular complexity index is 889. The number of hydrogen-bond donors (Lipinski definition) is 1. The van der Waals surface area contributed by atoms with Gasteiger partial charge in [-0.15, -0.1) is 0 Å². The van der Waals surface area contributed by atoms with Crippen LogP contribution in [0.15, 0.2) is 24.3 Å². The molecule has 1 aromatic carbocycles. The average Bonchev–Trinajstić information content (AvgIpc) is 2.85. The summed E-state index contributed by atoms with van der Waals surface area (Å²) in [5.41, 5.74) is 2.97. The van der Waals surface area contributed by atoms with Gasteiger partial charge in [0.1, 0.15) is 5.75 Å². The van der Waals surface area contributed by atoms with Crippen LogP contribution in [0.2, 0.25) is 5.02 Å². The van der Waals surface area contributed by atoms with E-state index in [1.807, 2.05) is 20.9 Å². The van der Waals surface area contributed by atoms with Crippen molar-refractivity contribution in [3.8, 4) is 5.75 Å². The van der Waals surface area contributed by atoms with Crippen molar-refractivity contribution in [1.29, 1.82) is 0 Å². The molecule has 0 aliphatic carbocycles. The number of aryl methyl sites for hydroxylation is 2. The summed E-state index contributed by atoms with van der Waals surface area (Å²) in [5, 5.41) is 7.36. The minimum absolute atomic E-state index is 0.398. The number of rotatable bonds is 6. The Morgan fingerprint density at radius 1 is 1.33 bits per heavy atom. The quantitative estimate of drug-likeness (QED) is 0.603. The predicted molar refractivity (Wildman–Crippen MR) is 104 cm³/mol. The number of amides is 1. The standard InChI is InChI=1S/C19H22ClN3O4/c1-11-15(12(2)23(4)22-11)7-9-18(24)27-13(3)19(25)21-16-10-14(20)6-8-17(16)26-5/h6-10,13H,1-5H3,(H,21,25)/b9-7+/t13-/m0/s1. The topological polar surface area (TPSA) is 82.4 Å². The summed E-state index contributed by atoms with van der Waals surface area (Å²) >= 11 is 5.94. The molecule has 2 aromatic rings. The van der Waals surface area contributed by atoms with Crippen molar-refractivity contribution in [3.05, 3.63) is 46.2 Å². The molecule has 27 heavy (non-hydrogen) atoms. The Balaban J connectivity index is 2.00. The maximum atomic E-state index is 12.3. The fourth-order valence-corrected chi connectivity index (χ4v) is 2.63. The molecule has 8 heteroatoms. The number of halogens is 1. The Morgan fingerprint density at radius 2 is 2.04 bits per heavy atom. The number of benzene rings is 1. The van der Waals surface area contributed by atoms with Gasteiger partial charge in [-0.05, 0) is 45.0 Å². The highest BCUT2D eigenvalue weighted by molar-refractivity contribution is 6.31. The van der Waals surface area contributed by atoms with Gasteiger partial charge in [0.2, 0.25) is 0 Å². The van der Waals surface area contributed by atoms with Crippen LogP contribution in [0.25, 0.3) is 6.08 Å². The van der Waals surface area contributed by atoms with E-state index in [0.29, 0.717) is 16.5 Å². The molecule has 0 aliphatic heterocycles. The second-order valence-electron chi connectivity index (χ2n) is 5.95. The molecule has 0 bridgehead atoms. The first-order valence-corrected chi connectivity index (χ1v) is 8.64. The van der Waals surface area contributed by atoms with Crippen LogP contribution in [0.4, 0.5) is 5.69 Å². The maximum Gasteiger partial charge on any atom is 0.331 e. The van der Waals surface area contributed by atoms with E-state index in [4.69, 9.17) is 21.1 Å². The van der Waals surface area contributed by atoms with Crippen molar-refractivity contribution in [2.45, 2.75) is 26.9 Å². The number of aromatic nitrogens is 2. The van der Waals surface area contributed by atoms with Crippen molar-refractivity contribution in [2.75, 3.05) is 12.4 Å². The Hall–Kier alpha value is -2.80. The van der Waals surface area contributed by atoms with Gasteiger partial charge >= 0.3 is 5.97 Å². The lowest BCUT2D eigenvalue weighted by atomic mass is 10.2. The highest BCUT2D eigenvalue weighted by Gasteiger charge is 2.18. The van der Waals surface area contributed by atoms with Gasteiger partial charge < -0.3 is 14.8 Å². The first kappa shape index (κ1) is 20.5. The molecule has 0 radical (unpaired) electrons. The normalized spacial score (nSPS) is 12.1. The van der Waals surface area contributed by atoms with Crippen LogP contribution >= 0.6 is 11.6 Å². The first-order valence-electron chi connectivity index (χ1n) is 8.26. The fraction of sp³-hybridized carbons (Fsp3) is 0.316. The fourth-order valence-electron chi connectivity index (χ4n) is 2.46. The lowest BCUT2D eigenvalue weighted by molar-refractivity contribution is -0.148. The zero-order chi connectivity index (χ0) is 20.1. The van der Waals surface area contributed by atoms with Gasteiger partial charge in [0.05, 0.1) is 18.5 Å². The van der Waals surface area contributed by atoms with Crippen molar-refractivity contribution >= 4 is 35.2 Å². The summed E-state index contributed by atoms with van der Waals surface area (Å²) < 4.78 is 12.1. The lowest BCUT2D eigenvalue weighted by Crippen LogP contribution is -2.29.